The van der Waals surface area contributed by atoms with Gasteiger partial charge in [-0.3, -0.25) is 4.90 Å². The van der Waals surface area contributed by atoms with Crippen LogP contribution in [0, 0.1) is 5.92 Å². The predicted octanol–water partition coefficient (Wildman–Crippen LogP) is 4.40. The van der Waals surface area contributed by atoms with E-state index in [0.717, 1.165) is 25.0 Å². The summed E-state index contributed by atoms with van der Waals surface area (Å²) in [6, 6.07) is 5.27. The van der Waals surface area contributed by atoms with Crippen molar-refractivity contribution in [3.05, 3.63) is 22.4 Å². The molecule has 21 heavy (non-hydrogen) atoms. The SMILES string of the molecule is CCC1CCCC(CN)(N(Cc2cccs2)C2CC2)CC1. The molecule has 0 saturated heterocycles. The minimum Gasteiger partial charge on any atom is -0.329 e. The highest BCUT2D eigenvalue weighted by molar-refractivity contribution is 7.09. The van der Waals surface area contributed by atoms with Crippen LogP contribution in [0.2, 0.25) is 0 Å². The topological polar surface area (TPSA) is 29.3 Å². The van der Waals surface area contributed by atoms with E-state index >= 15 is 0 Å². The molecule has 3 rings (SSSR count). The van der Waals surface area contributed by atoms with Gasteiger partial charge in [-0.25, -0.2) is 0 Å². The zero-order valence-electron chi connectivity index (χ0n) is 13.4. The monoisotopic (exact) mass is 306 g/mol. The van der Waals surface area contributed by atoms with Gasteiger partial charge in [-0.1, -0.05) is 32.3 Å². The van der Waals surface area contributed by atoms with Crippen LogP contribution in [0.3, 0.4) is 0 Å². The molecule has 2 N–H and O–H groups in total. The molecule has 0 spiro atoms. The Labute approximate surface area is 133 Å². The second-order valence-electron chi connectivity index (χ2n) is 7.07. The van der Waals surface area contributed by atoms with E-state index in [1.807, 2.05) is 11.3 Å². The standard InChI is InChI=1S/C18H30N2S/c1-2-15-5-3-10-18(14-19,11-9-15)20(16-7-8-16)13-17-6-4-12-21-17/h4,6,12,15-16H,2-3,5,7-11,13-14,19H2,1H3. The van der Waals surface area contributed by atoms with Crippen molar-refractivity contribution < 1.29 is 0 Å². The molecule has 1 heterocycles. The van der Waals surface area contributed by atoms with Gasteiger partial charge in [-0.2, -0.15) is 0 Å². The Balaban J connectivity index is 1.77. The van der Waals surface area contributed by atoms with Gasteiger partial charge in [0.2, 0.25) is 0 Å². The lowest BCUT2D eigenvalue weighted by Crippen LogP contribution is -2.54. The molecule has 0 radical (unpaired) electrons. The zero-order valence-corrected chi connectivity index (χ0v) is 14.2. The first-order valence-corrected chi connectivity index (χ1v) is 9.64. The normalized spacial score (nSPS) is 30.5. The molecular formula is C18H30N2S. The lowest BCUT2D eigenvalue weighted by Gasteiger charge is -2.43. The van der Waals surface area contributed by atoms with Gasteiger partial charge < -0.3 is 5.73 Å². The van der Waals surface area contributed by atoms with Crippen LogP contribution in [-0.2, 0) is 6.54 Å². The van der Waals surface area contributed by atoms with E-state index in [1.165, 1.54) is 56.2 Å². The zero-order chi connectivity index (χ0) is 14.7. The van der Waals surface area contributed by atoms with Crippen LogP contribution in [0.4, 0.5) is 0 Å². The molecule has 2 aliphatic carbocycles. The number of hydrogen-bond acceptors (Lipinski definition) is 3. The van der Waals surface area contributed by atoms with Crippen molar-refractivity contribution in [1.29, 1.82) is 0 Å². The summed E-state index contributed by atoms with van der Waals surface area (Å²) in [5, 5.41) is 2.20. The Kier molecular flexibility index (Phi) is 5.03. The first-order chi connectivity index (χ1) is 10.3. The Morgan fingerprint density at radius 3 is 2.76 bits per heavy atom. The van der Waals surface area contributed by atoms with E-state index < -0.39 is 0 Å². The molecule has 1 aromatic rings. The van der Waals surface area contributed by atoms with Gasteiger partial charge in [0.15, 0.2) is 0 Å². The van der Waals surface area contributed by atoms with Crippen molar-refractivity contribution >= 4 is 11.3 Å². The summed E-state index contributed by atoms with van der Waals surface area (Å²) in [6.07, 6.45) is 10.9. The Morgan fingerprint density at radius 2 is 2.14 bits per heavy atom. The highest BCUT2D eigenvalue weighted by Crippen LogP contribution is 2.42. The minimum absolute atomic E-state index is 0.273. The van der Waals surface area contributed by atoms with Crippen LogP contribution in [-0.4, -0.2) is 23.0 Å². The van der Waals surface area contributed by atoms with Crippen LogP contribution in [0.1, 0.15) is 63.2 Å². The molecule has 2 saturated carbocycles. The molecule has 2 unspecified atom stereocenters. The van der Waals surface area contributed by atoms with Crippen LogP contribution >= 0.6 is 11.3 Å². The van der Waals surface area contributed by atoms with Crippen LogP contribution in [0.15, 0.2) is 17.5 Å². The van der Waals surface area contributed by atoms with E-state index in [1.54, 1.807) is 0 Å². The number of rotatable bonds is 6. The summed E-state index contributed by atoms with van der Waals surface area (Å²) < 4.78 is 0. The largest absolute Gasteiger partial charge is 0.329 e. The molecule has 1 aromatic heterocycles. The number of thiophene rings is 1. The molecule has 2 fully saturated rings. The summed E-state index contributed by atoms with van der Waals surface area (Å²) in [5.41, 5.74) is 6.62. The van der Waals surface area contributed by atoms with Gasteiger partial charge in [0, 0.05) is 29.5 Å². The first-order valence-electron chi connectivity index (χ1n) is 8.76. The van der Waals surface area contributed by atoms with E-state index in [2.05, 4.69) is 29.3 Å². The Bertz CT molecular complexity index is 426. The Hall–Kier alpha value is -0.380. The maximum atomic E-state index is 6.35. The molecule has 0 aliphatic heterocycles. The van der Waals surface area contributed by atoms with Gasteiger partial charge >= 0.3 is 0 Å². The Morgan fingerprint density at radius 1 is 1.29 bits per heavy atom. The van der Waals surface area contributed by atoms with Crippen LogP contribution in [0.25, 0.3) is 0 Å². The lowest BCUT2D eigenvalue weighted by molar-refractivity contribution is 0.0611. The van der Waals surface area contributed by atoms with E-state index in [0.29, 0.717) is 0 Å². The van der Waals surface area contributed by atoms with Gasteiger partial charge in [-0.05, 0) is 49.5 Å². The number of hydrogen-bond donors (Lipinski definition) is 1. The molecule has 2 aliphatic rings. The smallest absolute Gasteiger partial charge is 0.0338 e. The number of nitrogens with two attached hydrogens (primary N) is 1. The minimum atomic E-state index is 0.273. The molecule has 2 nitrogen and oxygen atoms in total. The van der Waals surface area contributed by atoms with Crippen molar-refractivity contribution in [2.45, 2.75) is 76.4 Å². The van der Waals surface area contributed by atoms with E-state index in [-0.39, 0.29) is 5.54 Å². The van der Waals surface area contributed by atoms with E-state index in [9.17, 15) is 0 Å². The molecule has 118 valence electrons. The second kappa shape index (κ2) is 6.80. The average molecular weight is 307 g/mol. The fourth-order valence-electron chi connectivity index (χ4n) is 4.12. The third kappa shape index (κ3) is 3.52. The van der Waals surface area contributed by atoms with Gasteiger partial charge in [-0.15, -0.1) is 11.3 Å². The summed E-state index contributed by atoms with van der Waals surface area (Å²) in [7, 11) is 0. The fraction of sp³-hybridized carbons (Fsp3) is 0.778. The molecular weight excluding hydrogens is 276 g/mol. The highest BCUT2D eigenvalue weighted by atomic mass is 32.1. The van der Waals surface area contributed by atoms with Gasteiger partial charge in [0.1, 0.15) is 0 Å². The molecule has 0 amide bonds. The summed E-state index contributed by atoms with van der Waals surface area (Å²) >= 11 is 1.90. The first kappa shape index (κ1) is 15.5. The molecule has 0 aromatic carbocycles. The van der Waals surface area contributed by atoms with Crippen LogP contribution < -0.4 is 5.73 Å². The summed E-state index contributed by atoms with van der Waals surface area (Å²) in [4.78, 5) is 4.31. The van der Waals surface area contributed by atoms with Crippen molar-refractivity contribution in [1.82, 2.24) is 4.90 Å². The number of nitrogens with zero attached hydrogens (tertiary/aromatic N) is 1. The maximum absolute atomic E-state index is 6.35. The average Bonchev–Trinajstić information content (AvgIpc) is 3.27. The second-order valence-corrected chi connectivity index (χ2v) is 8.10. The van der Waals surface area contributed by atoms with Crippen molar-refractivity contribution in [3.63, 3.8) is 0 Å². The van der Waals surface area contributed by atoms with Crippen LogP contribution in [0.5, 0.6) is 0 Å². The summed E-state index contributed by atoms with van der Waals surface area (Å²) in [5.74, 6) is 0.932. The third-order valence-corrected chi connectivity index (χ3v) is 6.59. The predicted molar refractivity (Wildman–Crippen MR) is 91.5 cm³/mol. The van der Waals surface area contributed by atoms with Crippen molar-refractivity contribution in [3.8, 4) is 0 Å². The lowest BCUT2D eigenvalue weighted by atomic mass is 9.87. The van der Waals surface area contributed by atoms with E-state index in [4.69, 9.17) is 5.73 Å². The fourth-order valence-corrected chi connectivity index (χ4v) is 4.82. The van der Waals surface area contributed by atoms with Gasteiger partial charge in [0.25, 0.3) is 0 Å². The molecule has 0 bridgehead atoms. The molecule has 3 heteroatoms. The van der Waals surface area contributed by atoms with Crippen molar-refractivity contribution in [2.75, 3.05) is 6.54 Å². The highest BCUT2D eigenvalue weighted by Gasteiger charge is 2.44. The summed E-state index contributed by atoms with van der Waals surface area (Å²) in [6.45, 7) is 4.31. The maximum Gasteiger partial charge on any atom is 0.0338 e. The van der Waals surface area contributed by atoms with Crippen molar-refractivity contribution in [2.24, 2.45) is 11.7 Å². The molecule has 2 atom stereocenters. The quantitative estimate of drug-likeness (QED) is 0.789. The van der Waals surface area contributed by atoms with Gasteiger partial charge in [0.05, 0.1) is 0 Å². The third-order valence-electron chi connectivity index (χ3n) is 5.73.